The normalized spacial score (nSPS) is 17.2. The molecule has 1 aliphatic carbocycles. The minimum atomic E-state index is -3.44. The highest BCUT2D eigenvalue weighted by Crippen LogP contribution is 2.27. The van der Waals surface area contributed by atoms with Gasteiger partial charge >= 0.3 is 0 Å². The van der Waals surface area contributed by atoms with Crippen molar-refractivity contribution in [2.75, 3.05) is 13.6 Å². The van der Waals surface area contributed by atoms with Gasteiger partial charge in [-0.2, -0.15) is 0 Å². The van der Waals surface area contributed by atoms with E-state index in [0.717, 1.165) is 12.8 Å². The van der Waals surface area contributed by atoms with Crippen molar-refractivity contribution in [2.45, 2.75) is 37.2 Å². The largest absolute Gasteiger partial charge is 0.392 e. The summed E-state index contributed by atoms with van der Waals surface area (Å²) in [6.45, 7) is 0.446. The highest BCUT2D eigenvalue weighted by atomic mass is 32.2. The second kappa shape index (κ2) is 6.03. The van der Waals surface area contributed by atoms with Gasteiger partial charge in [-0.25, -0.2) is 12.7 Å². The first-order valence-electron chi connectivity index (χ1n) is 6.70. The summed E-state index contributed by atoms with van der Waals surface area (Å²) in [6.07, 6.45) is 4.66. The van der Waals surface area contributed by atoms with Crippen LogP contribution in [0.4, 0.5) is 0 Å². The zero-order chi connectivity index (χ0) is 13.9. The summed E-state index contributed by atoms with van der Waals surface area (Å²) in [5.74, 6) is 0.487. The number of sulfonamides is 1. The van der Waals surface area contributed by atoms with Crippen LogP contribution < -0.4 is 0 Å². The third-order valence-corrected chi connectivity index (χ3v) is 5.60. The molecule has 0 aliphatic heterocycles. The van der Waals surface area contributed by atoms with E-state index in [4.69, 9.17) is 5.11 Å². The molecule has 5 heteroatoms. The molecule has 1 aromatic rings. The highest BCUT2D eigenvalue weighted by molar-refractivity contribution is 7.89. The van der Waals surface area contributed by atoms with Gasteiger partial charge in [0.15, 0.2) is 0 Å². The summed E-state index contributed by atoms with van der Waals surface area (Å²) in [5.41, 5.74) is 0.621. The van der Waals surface area contributed by atoms with E-state index in [-0.39, 0.29) is 11.5 Å². The smallest absolute Gasteiger partial charge is 0.242 e. The van der Waals surface area contributed by atoms with Gasteiger partial charge in [-0.3, -0.25) is 0 Å². The van der Waals surface area contributed by atoms with Gasteiger partial charge in [-0.1, -0.05) is 25.0 Å². The second-order valence-electron chi connectivity index (χ2n) is 5.24. The number of rotatable bonds is 5. The molecular weight excluding hydrogens is 262 g/mol. The SMILES string of the molecule is CN(CC1CCCC1)S(=O)(=O)c1cccc(CO)c1. The van der Waals surface area contributed by atoms with Gasteiger partial charge in [0, 0.05) is 13.6 Å². The van der Waals surface area contributed by atoms with Crippen molar-refractivity contribution >= 4 is 10.0 Å². The number of nitrogens with zero attached hydrogens (tertiary/aromatic N) is 1. The fourth-order valence-electron chi connectivity index (χ4n) is 2.64. The summed E-state index contributed by atoms with van der Waals surface area (Å²) in [6, 6.07) is 6.51. The van der Waals surface area contributed by atoms with Crippen molar-refractivity contribution in [3.8, 4) is 0 Å². The maximum absolute atomic E-state index is 12.4. The second-order valence-corrected chi connectivity index (χ2v) is 7.29. The Hall–Kier alpha value is -0.910. The molecule has 1 fully saturated rings. The number of benzene rings is 1. The Labute approximate surface area is 115 Å². The average molecular weight is 283 g/mol. The predicted molar refractivity (Wildman–Crippen MR) is 74.1 cm³/mol. The molecule has 106 valence electrons. The number of hydrogen-bond donors (Lipinski definition) is 1. The molecule has 1 N–H and O–H groups in total. The summed E-state index contributed by atoms with van der Waals surface area (Å²) in [5, 5.41) is 9.09. The third kappa shape index (κ3) is 3.35. The van der Waals surface area contributed by atoms with E-state index >= 15 is 0 Å². The molecule has 0 aromatic heterocycles. The van der Waals surface area contributed by atoms with Gasteiger partial charge in [0.05, 0.1) is 11.5 Å². The first-order valence-corrected chi connectivity index (χ1v) is 8.14. The van der Waals surface area contributed by atoms with Crippen LogP contribution in [0, 0.1) is 5.92 Å². The van der Waals surface area contributed by atoms with E-state index in [0.29, 0.717) is 18.0 Å². The zero-order valence-corrected chi connectivity index (χ0v) is 12.1. The minimum absolute atomic E-state index is 0.143. The van der Waals surface area contributed by atoms with Crippen molar-refractivity contribution in [2.24, 2.45) is 5.92 Å². The van der Waals surface area contributed by atoms with E-state index in [1.54, 1.807) is 31.3 Å². The van der Waals surface area contributed by atoms with Gasteiger partial charge < -0.3 is 5.11 Å². The topological polar surface area (TPSA) is 57.6 Å². The van der Waals surface area contributed by atoms with Gasteiger partial charge in [-0.05, 0) is 36.5 Å². The molecule has 0 radical (unpaired) electrons. The Morgan fingerprint density at radius 3 is 2.63 bits per heavy atom. The quantitative estimate of drug-likeness (QED) is 0.899. The van der Waals surface area contributed by atoms with Crippen LogP contribution in [0.3, 0.4) is 0 Å². The predicted octanol–water partition coefficient (Wildman–Crippen LogP) is 1.99. The van der Waals surface area contributed by atoms with E-state index in [2.05, 4.69) is 0 Å². The maximum Gasteiger partial charge on any atom is 0.242 e. The van der Waals surface area contributed by atoms with Gasteiger partial charge in [0.25, 0.3) is 0 Å². The molecule has 1 aliphatic rings. The van der Waals surface area contributed by atoms with E-state index in [1.165, 1.54) is 17.1 Å². The Morgan fingerprint density at radius 1 is 1.32 bits per heavy atom. The van der Waals surface area contributed by atoms with E-state index in [9.17, 15) is 8.42 Å². The van der Waals surface area contributed by atoms with Gasteiger partial charge in [0.1, 0.15) is 0 Å². The lowest BCUT2D eigenvalue weighted by molar-refractivity contribution is 0.281. The molecule has 0 amide bonds. The highest BCUT2D eigenvalue weighted by Gasteiger charge is 2.25. The number of aliphatic hydroxyl groups excluding tert-OH is 1. The van der Waals surface area contributed by atoms with Crippen LogP contribution in [-0.4, -0.2) is 31.4 Å². The Bertz CT molecular complexity index is 521. The summed E-state index contributed by atoms with van der Waals surface area (Å²) < 4.78 is 26.3. The van der Waals surface area contributed by atoms with Crippen LogP contribution in [0.2, 0.25) is 0 Å². The lowest BCUT2D eigenvalue weighted by Crippen LogP contribution is -2.31. The summed E-state index contributed by atoms with van der Waals surface area (Å²) in [7, 11) is -1.80. The Balaban J connectivity index is 2.15. The maximum atomic E-state index is 12.4. The molecule has 1 aromatic carbocycles. The van der Waals surface area contributed by atoms with Gasteiger partial charge in [0.2, 0.25) is 10.0 Å². The van der Waals surface area contributed by atoms with Crippen LogP contribution >= 0.6 is 0 Å². The average Bonchev–Trinajstić information content (AvgIpc) is 2.91. The van der Waals surface area contributed by atoms with Crippen LogP contribution in [0.5, 0.6) is 0 Å². The Kier molecular flexibility index (Phi) is 4.60. The molecule has 0 saturated heterocycles. The van der Waals surface area contributed by atoms with E-state index in [1.807, 2.05) is 0 Å². The molecule has 2 rings (SSSR count). The Morgan fingerprint density at radius 2 is 2.00 bits per heavy atom. The molecule has 19 heavy (non-hydrogen) atoms. The molecule has 0 heterocycles. The lowest BCUT2D eigenvalue weighted by Gasteiger charge is -2.21. The van der Waals surface area contributed by atoms with Crippen LogP contribution in [0.1, 0.15) is 31.2 Å². The standard InChI is InChI=1S/C14H21NO3S/c1-15(10-12-5-2-3-6-12)19(17,18)14-8-4-7-13(9-14)11-16/h4,7-9,12,16H,2-3,5-6,10-11H2,1H3. The monoisotopic (exact) mass is 283 g/mol. The number of hydrogen-bond acceptors (Lipinski definition) is 3. The lowest BCUT2D eigenvalue weighted by atomic mass is 10.1. The molecule has 0 spiro atoms. The van der Waals surface area contributed by atoms with Gasteiger partial charge in [-0.15, -0.1) is 0 Å². The summed E-state index contributed by atoms with van der Waals surface area (Å²) >= 11 is 0. The molecule has 0 bridgehead atoms. The molecule has 0 atom stereocenters. The fourth-order valence-corrected chi connectivity index (χ4v) is 3.96. The minimum Gasteiger partial charge on any atom is -0.392 e. The van der Waals surface area contributed by atoms with Crippen molar-refractivity contribution in [3.63, 3.8) is 0 Å². The molecule has 4 nitrogen and oxygen atoms in total. The van der Waals surface area contributed by atoms with Crippen LogP contribution in [0.15, 0.2) is 29.2 Å². The zero-order valence-electron chi connectivity index (χ0n) is 11.2. The molecule has 0 unspecified atom stereocenters. The third-order valence-electron chi connectivity index (χ3n) is 3.78. The molecular formula is C14H21NO3S. The first kappa shape index (κ1) is 14.5. The summed E-state index contributed by atoms with van der Waals surface area (Å²) in [4.78, 5) is 0.263. The molecule has 1 saturated carbocycles. The van der Waals surface area contributed by atoms with E-state index < -0.39 is 10.0 Å². The number of aliphatic hydroxyl groups is 1. The van der Waals surface area contributed by atoms with Crippen molar-refractivity contribution < 1.29 is 13.5 Å². The van der Waals surface area contributed by atoms with Crippen molar-refractivity contribution in [1.82, 2.24) is 4.31 Å². The van der Waals surface area contributed by atoms with Crippen molar-refractivity contribution in [3.05, 3.63) is 29.8 Å². The fraction of sp³-hybridized carbons (Fsp3) is 0.571. The van der Waals surface area contributed by atoms with Crippen LogP contribution in [0.25, 0.3) is 0 Å². The first-order chi connectivity index (χ1) is 9.04. The van der Waals surface area contributed by atoms with Crippen molar-refractivity contribution in [1.29, 1.82) is 0 Å². The van der Waals surface area contributed by atoms with Crippen LogP contribution in [-0.2, 0) is 16.6 Å².